The van der Waals surface area contributed by atoms with E-state index in [-0.39, 0.29) is 56.1 Å². The van der Waals surface area contributed by atoms with E-state index in [9.17, 15) is 90.0 Å². The Labute approximate surface area is 391 Å². The van der Waals surface area contributed by atoms with E-state index >= 15 is 0 Å². The molecule has 30 heteroatoms. The van der Waals surface area contributed by atoms with Crippen LogP contribution in [0, 0.1) is 0 Å². The molecule has 0 bridgehead atoms. The third-order valence-corrected chi connectivity index (χ3v) is 10.6. The molecule has 6 amide bonds. The zero-order chi connectivity index (χ0) is 50.9. The molecule has 0 unspecified atom stereocenters. The van der Waals surface area contributed by atoms with Crippen molar-refractivity contribution in [1.29, 1.82) is 0 Å². The normalized spacial score (nSPS) is 31.2. The summed E-state index contributed by atoms with van der Waals surface area (Å²) in [5, 5.41) is 132. The molecule has 0 saturated carbocycles. The maximum atomic E-state index is 13.3. The summed E-state index contributed by atoms with van der Waals surface area (Å²) in [5.41, 5.74) is -1.01. The molecular formula is C39H60N6O24. The molecule has 30 nitrogen and oxygen atoms in total. The van der Waals surface area contributed by atoms with Gasteiger partial charge >= 0.3 is 0 Å². The van der Waals surface area contributed by atoms with Gasteiger partial charge in [-0.25, -0.2) is 0 Å². The van der Waals surface area contributed by atoms with Gasteiger partial charge in [0.1, 0.15) is 73.2 Å². The highest BCUT2D eigenvalue weighted by molar-refractivity contribution is 6.06. The molecule has 3 aliphatic heterocycles. The van der Waals surface area contributed by atoms with E-state index in [4.69, 9.17) is 28.4 Å². The predicted molar refractivity (Wildman–Crippen MR) is 222 cm³/mol. The van der Waals surface area contributed by atoms with Crippen molar-refractivity contribution in [2.45, 2.75) is 92.1 Å². The second kappa shape index (κ2) is 27.6. The summed E-state index contributed by atoms with van der Waals surface area (Å²) in [7, 11) is 0. The zero-order valence-electron chi connectivity index (χ0n) is 36.6. The Hall–Kier alpha value is -4.68. The number of ether oxygens (including phenoxy) is 6. The van der Waals surface area contributed by atoms with Gasteiger partial charge in [-0.1, -0.05) is 0 Å². The summed E-state index contributed by atoms with van der Waals surface area (Å²) in [5.74, 6) is -5.20. The molecule has 69 heavy (non-hydrogen) atoms. The minimum Gasteiger partial charge on any atom is -0.394 e. The number of benzene rings is 1. The molecule has 18 N–H and O–H groups in total. The van der Waals surface area contributed by atoms with Crippen LogP contribution in [0.4, 0.5) is 0 Å². The fourth-order valence-corrected chi connectivity index (χ4v) is 6.71. The Bertz CT molecular complexity index is 1650. The summed E-state index contributed by atoms with van der Waals surface area (Å²) in [6.07, 6.45) is -23.0. The molecule has 1 aromatic rings. The van der Waals surface area contributed by atoms with Crippen molar-refractivity contribution in [2.75, 3.05) is 78.9 Å². The van der Waals surface area contributed by atoms with Gasteiger partial charge in [-0.15, -0.1) is 0 Å². The summed E-state index contributed by atoms with van der Waals surface area (Å²) in [4.78, 5) is 77.4. The van der Waals surface area contributed by atoms with Crippen molar-refractivity contribution in [3.63, 3.8) is 0 Å². The maximum Gasteiger partial charge on any atom is 0.251 e. The quantitative estimate of drug-likeness (QED) is 0.0428. The van der Waals surface area contributed by atoms with Gasteiger partial charge in [0.2, 0.25) is 17.7 Å². The minimum atomic E-state index is -1.69. The Kier molecular flexibility index (Phi) is 22.8. The first-order valence-electron chi connectivity index (χ1n) is 21.4. The average Bonchev–Trinajstić information content (AvgIpc) is 3.34. The lowest BCUT2D eigenvalue weighted by atomic mass is 9.99. The summed E-state index contributed by atoms with van der Waals surface area (Å²) >= 11 is 0. The second-order valence-corrected chi connectivity index (χ2v) is 15.6. The number of aliphatic hydroxyl groups excluding tert-OH is 12. The van der Waals surface area contributed by atoms with E-state index in [2.05, 4.69) is 31.9 Å². The molecule has 3 heterocycles. The van der Waals surface area contributed by atoms with Gasteiger partial charge in [-0.05, 0) is 18.2 Å². The lowest BCUT2D eigenvalue weighted by molar-refractivity contribution is -0.300. The molecule has 3 saturated heterocycles. The lowest BCUT2D eigenvalue weighted by Crippen LogP contribution is -2.59. The van der Waals surface area contributed by atoms with E-state index < -0.39 is 167 Å². The molecule has 15 atom stereocenters. The molecule has 0 aliphatic carbocycles. The molecule has 4 rings (SSSR count). The fraction of sp³-hybridized carbons (Fsp3) is 0.692. The van der Waals surface area contributed by atoms with Crippen LogP contribution in [0.25, 0.3) is 0 Å². The number of aliphatic hydroxyl groups is 12. The van der Waals surface area contributed by atoms with Crippen LogP contribution in [0.3, 0.4) is 0 Å². The smallest absolute Gasteiger partial charge is 0.251 e. The number of nitrogens with one attached hydrogen (secondary N) is 6. The van der Waals surface area contributed by atoms with E-state index in [1.165, 1.54) is 0 Å². The largest absolute Gasteiger partial charge is 0.394 e. The van der Waals surface area contributed by atoms with Crippen LogP contribution in [-0.2, 0) is 42.8 Å². The van der Waals surface area contributed by atoms with Gasteiger partial charge in [0.15, 0.2) is 18.9 Å². The highest BCUT2D eigenvalue weighted by Crippen LogP contribution is 2.24. The third-order valence-electron chi connectivity index (χ3n) is 10.6. The second-order valence-electron chi connectivity index (χ2n) is 15.6. The Balaban J connectivity index is 1.31. The van der Waals surface area contributed by atoms with Crippen molar-refractivity contribution in [2.24, 2.45) is 0 Å². The van der Waals surface area contributed by atoms with Gasteiger partial charge in [0, 0.05) is 36.3 Å². The molecular weight excluding hydrogens is 936 g/mol. The number of amides is 6. The minimum absolute atomic E-state index is 0.207. The molecule has 0 aromatic heterocycles. The molecule has 0 radical (unpaired) electrons. The number of carbonyl (C=O) groups is 6. The summed E-state index contributed by atoms with van der Waals surface area (Å²) in [6, 6.07) is 3.09. The first-order valence-corrected chi connectivity index (χ1v) is 21.4. The Morgan fingerprint density at radius 3 is 0.870 bits per heavy atom. The van der Waals surface area contributed by atoms with Crippen molar-refractivity contribution in [1.82, 2.24) is 31.9 Å². The monoisotopic (exact) mass is 996 g/mol. The molecule has 3 aliphatic rings. The number of hydrogen-bond donors (Lipinski definition) is 18. The van der Waals surface area contributed by atoms with Crippen LogP contribution in [0.5, 0.6) is 0 Å². The number of carbonyl (C=O) groups excluding carboxylic acids is 6. The molecule has 0 spiro atoms. The van der Waals surface area contributed by atoms with Crippen LogP contribution in [0.15, 0.2) is 18.2 Å². The van der Waals surface area contributed by atoms with Crippen LogP contribution in [-0.4, -0.2) is 268 Å². The summed E-state index contributed by atoms with van der Waals surface area (Å²) in [6.45, 7) is -5.53. The van der Waals surface area contributed by atoms with E-state index in [0.29, 0.717) is 0 Å². The van der Waals surface area contributed by atoms with Crippen LogP contribution in [0.2, 0.25) is 0 Å². The maximum absolute atomic E-state index is 13.3. The fourth-order valence-electron chi connectivity index (χ4n) is 6.71. The lowest BCUT2D eigenvalue weighted by Gasteiger charge is -2.39. The third kappa shape index (κ3) is 16.2. The zero-order valence-corrected chi connectivity index (χ0v) is 36.6. The highest BCUT2D eigenvalue weighted by Gasteiger charge is 2.46. The SMILES string of the molecule is O=C(CNC(=O)c1cc(C(=O)NCC(=O)NCCO[C@@H]2O[C@H](CO)[C@@H](O)[C@H](O)[C@H]2O)cc(C(=O)NCC(=O)NCCO[C@@H]2O[C@H](CO)[C@@H](O)[C@H](O)[C@H]2O)c1)NCCO[C@@H]1O[C@H](CO)[C@@H](O)[C@H](O)[C@H]1O. The van der Waals surface area contributed by atoms with Gasteiger partial charge in [0.25, 0.3) is 17.7 Å². The van der Waals surface area contributed by atoms with Gasteiger partial charge in [-0.3, -0.25) is 28.8 Å². The highest BCUT2D eigenvalue weighted by atomic mass is 16.7. The van der Waals surface area contributed by atoms with E-state index in [0.717, 1.165) is 18.2 Å². The Morgan fingerprint density at radius 2 is 0.638 bits per heavy atom. The first-order chi connectivity index (χ1) is 32.8. The first kappa shape index (κ1) is 56.9. The van der Waals surface area contributed by atoms with E-state index in [1.807, 2.05) is 0 Å². The van der Waals surface area contributed by atoms with Crippen molar-refractivity contribution in [3.05, 3.63) is 34.9 Å². The molecule has 390 valence electrons. The summed E-state index contributed by atoms with van der Waals surface area (Å²) < 4.78 is 31.5. The topological polar surface area (TPSA) is 473 Å². The van der Waals surface area contributed by atoms with Crippen molar-refractivity contribution in [3.8, 4) is 0 Å². The average molecular weight is 997 g/mol. The van der Waals surface area contributed by atoms with Crippen molar-refractivity contribution < 1.29 is 118 Å². The van der Waals surface area contributed by atoms with Gasteiger partial charge < -0.3 is 122 Å². The van der Waals surface area contributed by atoms with Crippen molar-refractivity contribution >= 4 is 35.4 Å². The molecule has 3 fully saturated rings. The predicted octanol–water partition coefficient (Wildman–Crippen LogP) is -11.3. The van der Waals surface area contributed by atoms with Crippen LogP contribution in [0.1, 0.15) is 31.1 Å². The van der Waals surface area contributed by atoms with E-state index in [1.54, 1.807) is 0 Å². The van der Waals surface area contributed by atoms with Crippen LogP contribution < -0.4 is 31.9 Å². The Morgan fingerprint density at radius 1 is 0.391 bits per heavy atom. The molecule has 1 aromatic carbocycles. The van der Waals surface area contributed by atoms with Gasteiger partial charge in [0.05, 0.1) is 59.3 Å². The number of hydrogen-bond acceptors (Lipinski definition) is 24. The standard InChI is InChI=1S/C39H60N6O24/c46-13-19-25(52)28(55)31(58)37(67-19)64-4-1-40-22(49)10-43-34(61)16-7-17(35(62)44-11-23(50)41-2-5-65-38-32(59)29(56)26(53)20(14-47)68-38)9-18(8-16)36(63)45-12-24(51)42-3-6-66-39-33(60)30(57)27(54)21(15-48)69-39/h7-9,19-21,25-33,37-39,46-48,52-60H,1-6,10-15H2,(H,40,49)(H,41,50)(H,42,51)(H,43,61)(H,44,62)(H,45,63)/t19-,20-,21-,25-,26-,27-,28+,29+,30+,31-,32-,33-,37-,38-,39-/m1/s1. The number of rotatable bonds is 24. The van der Waals surface area contributed by atoms with Gasteiger partial charge in [-0.2, -0.15) is 0 Å². The van der Waals surface area contributed by atoms with Crippen LogP contribution >= 0.6 is 0 Å².